The zero-order chi connectivity index (χ0) is 34.5. The molecule has 4 heterocycles. The number of anilines is 1. The molecule has 0 bridgehead atoms. The minimum atomic E-state index is -2.98. The number of halogens is 6. The molecule has 3 atom stereocenters. The number of aryl methyl sites for hydroxylation is 1. The van der Waals surface area contributed by atoms with E-state index in [1.54, 1.807) is 13.1 Å². The zero-order valence-electron chi connectivity index (χ0n) is 26.0. The minimum Gasteiger partial charge on any atom is -0.383 e. The summed E-state index contributed by atoms with van der Waals surface area (Å²) in [6, 6.07) is 6.22. The third kappa shape index (κ3) is 5.83. The lowest BCUT2D eigenvalue weighted by molar-refractivity contribution is -0.110. The van der Waals surface area contributed by atoms with Gasteiger partial charge in [-0.1, -0.05) is 19.9 Å². The van der Waals surface area contributed by atoms with Gasteiger partial charge in [0, 0.05) is 47.1 Å². The predicted octanol–water partition coefficient (Wildman–Crippen LogP) is 6.25. The van der Waals surface area contributed by atoms with Gasteiger partial charge in [-0.05, 0) is 55.4 Å². The maximum absolute atomic E-state index is 13.8. The van der Waals surface area contributed by atoms with Gasteiger partial charge >= 0.3 is 0 Å². The molecule has 0 saturated heterocycles. The maximum Gasteiger partial charge on any atom is 0.293 e. The van der Waals surface area contributed by atoms with Gasteiger partial charge in [-0.3, -0.25) is 14.5 Å². The molecule has 2 aliphatic rings. The number of pyridine rings is 1. The number of carbonyl (C=O) groups is 1. The van der Waals surface area contributed by atoms with Crippen LogP contribution in [-0.4, -0.2) is 40.8 Å². The number of hydrogen-bond acceptors (Lipinski definition) is 7. The zero-order valence-corrected chi connectivity index (χ0v) is 26.0. The molecule has 1 fully saturated rings. The number of rotatable bonds is 9. The number of nitrogens with one attached hydrogen (secondary N) is 1. The average Bonchev–Trinajstić information content (AvgIpc) is 3.41. The van der Waals surface area contributed by atoms with E-state index in [0.29, 0.717) is 35.2 Å². The highest BCUT2D eigenvalue weighted by Crippen LogP contribution is 2.68. The van der Waals surface area contributed by atoms with Crippen molar-refractivity contribution in [3.05, 3.63) is 88.4 Å². The summed E-state index contributed by atoms with van der Waals surface area (Å²) in [7, 11) is 0. The van der Waals surface area contributed by atoms with Crippen LogP contribution in [-0.2, 0) is 23.7 Å². The molecule has 3 N–H and O–H groups in total. The van der Waals surface area contributed by atoms with E-state index in [1.165, 1.54) is 23.0 Å². The highest BCUT2D eigenvalue weighted by atomic mass is 19.3. The fourth-order valence-corrected chi connectivity index (χ4v) is 6.30. The van der Waals surface area contributed by atoms with Gasteiger partial charge in [0.05, 0.1) is 11.7 Å². The van der Waals surface area contributed by atoms with Gasteiger partial charge in [0.1, 0.15) is 35.2 Å². The van der Waals surface area contributed by atoms with Crippen LogP contribution in [0.15, 0.2) is 42.9 Å². The van der Waals surface area contributed by atoms with Crippen LogP contribution in [0.1, 0.15) is 85.4 Å². The molecule has 4 aromatic heterocycles. The van der Waals surface area contributed by atoms with Crippen LogP contribution < -0.4 is 11.1 Å². The summed E-state index contributed by atoms with van der Waals surface area (Å²) >= 11 is 0. The van der Waals surface area contributed by atoms with Gasteiger partial charge in [0.25, 0.3) is 18.1 Å². The van der Waals surface area contributed by atoms with Gasteiger partial charge in [0.15, 0.2) is 0 Å². The smallest absolute Gasteiger partial charge is 0.293 e. The second-order valence-electron chi connectivity index (χ2n) is 12.0. The van der Waals surface area contributed by atoms with E-state index in [9.17, 15) is 31.1 Å². The van der Waals surface area contributed by atoms with Gasteiger partial charge in [-0.15, -0.1) is 0 Å². The summed E-state index contributed by atoms with van der Waals surface area (Å²) in [6.07, 6.45) is 1.13. The van der Waals surface area contributed by atoms with Crippen LogP contribution >= 0.6 is 0 Å². The van der Waals surface area contributed by atoms with Gasteiger partial charge in [-0.25, -0.2) is 22.5 Å². The van der Waals surface area contributed by atoms with E-state index >= 15 is 0 Å². The Bertz CT molecular complexity index is 1950. The highest BCUT2D eigenvalue weighted by Gasteiger charge is 2.67. The summed E-state index contributed by atoms with van der Waals surface area (Å²) in [6.45, 7) is 5.90. The molecule has 252 valence electrons. The van der Waals surface area contributed by atoms with Crippen molar-refractivity contribution in [2.24, 2.45) is 5.92 Å². The monoisotopic (exact) mass is 671 g/mol. The molecule has 0 aliphatic heterocycles. The summed E-state index contributed by atoms with van der Waals surface area (Å²) < 4.78 is 82.9. The quantitative estimate of drug-likeness (QED) is 0.140. The van der Waals surface area contributed by atoms with Crippen molar-refractivity contribution in [2.45, 2.75) is 70.4 Å². The number of aromatic nitrogens is 7. The van der Waals surface area contributed by atoms with Crippen LogP contribution in [0.4, 0.5) is 32.2 Å². The number of nitrogens with two attached hydrogens (primary N) is 1. The van der Waals surface area contributed by atoms with Crippen molar-refractivity contribution in [3.63, 3.8) is 0 Å². The molecule has 1 amide bonds. The Morgan fingerprint density at radius 1 is 1.10 bits per heavy atom. The molecular weight excluding hydrogens is 640 g/mol. The minimum absolute atomic E-state index is 0.0781. The number of carbonyl (C=O) groups excluding carboxylic acids is 1. The molecule has 1 aromatic carbocycles. The molecule has 5 aromatic rings. The maximum atomic E-state index is 13.8. The standard InChI is InChI=1S/C22H21F2N7O.C10H10F4N2/c1-12(2)17-4-3-14(9-26-17)19-20(30-22-27-10-29-31(22)21(19)25)18(28-11-32)7-13-5-15(23)8-16(24)6-13;1-2-16-8-6(7(15-16)9(11)12)4-3-5(4)10(8,13)14/h3-6,8-12,18H,7,25H2,1-2H3,(H,28,32);4-5,9H,2-3H2,1H3. The Morgan fingerprint density at radius 3 is 2.44 bits per heavy atom. The number of amides is 1. The number of nitrogen functional groups attached to an aromatic ring is 1. The molecule has 2 aliphatic carbocycles. The second kappa shape index (κ2) is 12.5. The number of benzene rings is 1. The topological polar surface area (TPSA) is 129 Å². The molecule has 3 unspecified atom stereocenters. The summed E-state index contributed by atoms with van der Waals surface area (Å²) in [4.78, 5) is 24.6. The molecular formula is C32H31F6N9O. The predicted molar refractivity (Wildman–Crippen MR) is 162 cm³/mol. The third-order valence-corrected chi connectivity index (χ3v) is 8.59. The number of nitrogens with zero attached hydrogens (tertiary/aromatic N) is 7. The average molecular weight is 672 g/mol. The fourth-order valence-electron chi connectivity index (χ4n) is 6.30. The normalized spacial score (nSPS) is 18.0. The number of alkyl halides is 4. The molecule has 16 heteroatoms. The number of hydrogen-bond donors (Lipinski definition) is 2. The van der Waals surface area contributed by atoms with Gasteiger partial charge in [-0.2, -0.15) is 28.5 Å². The molecule has 7 rings (SSSR count). The largest absolute Gasteiger partial charge is 0.383 e. The van der Waals surface area contributed by atoms with Crippen molar-refractivity contribution in [1.82, 2.24) is 39.7 Å². The molecule has 48 heavy (non-hydrogen) atoms. The SMILES string of the molecule is CC(C)c1ccc(-c2c(C(Cc3cc(F)cc(F)c3)NC=O)nc3ncnn3c2N)cn1.CCn1nc(C(F)F)c2c1C(F)(F)C1CC21. The third-order valence-electron chi connectivity index (χ3n) is 8.59. The lowest BCUT2D eigenvalue weighted by atomic mass is 9.96. The second-order valence-corrected chi connectivity index (χ2v) is 12.0. The Balaban J connectivity index is 0.000000208. The van der Waals surface area contributed by atoms with Crippen LogP contribution in [0.3, 0.4) is 0 Å². The molecule has 10 nitrogen and oxygen atoms in total. The van der Waals surface area contributed by atoms with Crippen molar-refractivity contribution < 1.29 is 31.1 Å². The van der Waals surface area contributed by atoms with Gasteiger partial charge < -0.3 is 11.1 Å². The fraction of sp³-hybridized carbons (Fsp3) is 0.375. The van der Waals surface area contributed by atoms with Crippen molar-refractivity contribution in [3.8, 4) is 11.1 Å². The van der Waals surface area contributed by atoms with E-state index < -0.39 is 47.6 Å². The van der Waals surface area contributed by atoms with E-state index in [1.807, 2.05) is 26.0 Å². The first-order valence-corrected chi connectivity index (χ1v) is 15.2. The summed E-state index contributed by atoms with van der Waals surface area (Å²) in [5.41, 5.74) is 8.63. The van der Waals surface area contributed by atoms with Crippen LogP contribution in [0.25, 0.3) is 16.9 Å². The lowest BCUT2D eigenvalue weighted by Crippen LogP contribution is -2.25. The molecule has 0 spiro atoms. The van der Waals surface area contributed by atoms with Crippen LogP contribution in [0, 0.1) is 17.6 Å². The van der Waals surface area contributed by atoms with E-state index in [4.69, 9.17) is 5.73 Å². The van der Waals surface area contributed by atoms with E-state index in [0.717, 1.165) is 16.4 Å². The van der Waals surface area contributed by atoms with E-state index in [-0.39, 0.29) is 41.7 Å². The van der Waals surface area contributed by atoms with E-state index in [2.05, 4.69) is 30.5 Å². The summed E-state index contributed by atoms with van der Waals surface area (Å²) in [5, 5.41) is 10.4. The first kappa shape index (κ1) is 32.9. The number of fused-ring (bicyclic) bond motifs is 4. The highest BCUT2D eigenvalue weighted by molar-refractivity contribution is 5.78. The van der Waals surface area contributed by atoms with Crippen molar-refractivity contribution in [2.75, 3.05) is 5.73 Å². The van der Waals surface area contributed by atoms with Crippen molar-refractivity contribution in [1.29, 1.82) is 0 Å². The molecule has 0 radical (unpaired) electrons. The van der Waals surface area contributed by atoms with Crippen molar-refractivity contribution >= 4 is 18.0 Å². The summed E-state index contributed by atoms with van der Waals surface area (Å²) in [5.74, 6) is -4.83. The molecule has 1 saturated carbocycles. The Labute approximate surface area is 270 Å². The Hall–Kier alpha value is -5.02. The first-order valence-electron chi connectivity index (χ1n) is 15.2. The Kier molecular flexibility index (Phi) is 8.60. The van der Waals surface area contributed by atoms with Crippen LogP contribution in [0.5, 0.6) is 0 Å². The lowest BCUT2D eigenvalue weighted by Gasteiger charge is -2.21. The first-order chi connectivity index (χ1) is 22.8. The Morgan fingerprint density at radius 2 is 1.83 bits per heavy atom. The van der Waals surface area contributed by atoms with Gasteiger partial charge in [0.2, 0.25) is 6.41 Å². The van der Waals surface area contributed by atoms with Crippen LogP contribution in [0.2, 0.25) is 0 Å².